The fraction of sp³-hybridized carbons (Fsp3) is 0.417. The molecule has 0 spiro atoms. The molecule has 3 heteroatoms. The molecule has 0 aromatic heterocycles. The van der Waals surface area contributed by atoms with Crippen LogP contribution < -0.4 is 5.73 Å². The molecule has 1 aromatic carbocycles. The van der Waals surface area contributed by atoms with Crippen LogP contribution >= 0.6 is 0 Å². The largest absolute Gasteiger partial charge is 0.458 e. The first-order chi connectivity index (χ1) is 7.09. The number of carbonyl (C=O) groups is 1. The normalized spacial score (nSPS) is 14.3. The number of esters is 1. The highest BCUT2D eigenvalue weighted by Crippen LogP contribution is 2.16. The van der Waals surface area contributed by atoms with E-state index in [-0.39, 0.29) is 24.5 Å². The first kappa shape index (κ1) is 11.7. The lowest BCUT2D eigenvalue weighted by Gasteiger charge is -2.14. The van der Waals surface area contributed by atoms with Gasteiger partial charge in [0, 0.05) is 6.04 Å². The van der Waals surface area contributed by atoms with Gasteiger partial charge in [0.2, 0.25) is 0 Å². The van der Waals surface area contributed by atoms with Crippen molar-refractivity contribution in [1.82, 2.24) is 0 Å². The van der Waals surface area contributed by atoms with Crippen molar-refractivity contribution in [3.8, 4) is 0 Å². The van der Waals surface area contributed by atoms with Gasteiger partial charge in [-0.2, -0.15) is 0 Å². The van der Waals surface area contributed by atoms with Gasteiger partial charge in [-0.1, -0.05) is 30.3 Å². The highest BCUT2D eigenvalue weighted by atomic mass is 16.5. The molecule has 1 aromatic rings. The van der Waals surface area contributed by atoms with Crippen LogP contribution in [0.15, 0.2) is 30.3 Å². The van der Waals surface area contributed by atoms with E-state index in [1.54, 1.807) is 6.92 Å². The Hall–Kier alpha value is -1.35. The van der Waals surface area contributed by atoms with Crippen molar-refractivity contribution in [3.63, 3.8) is 0 Å². The molecule has 0 saturated heterocycles. The van der Waals surface area contributed by atoms with E-state index in [9.17, 15) is 4.79 Å². The Balaban J connectivity index is 2.49. The molecule has 82 valence electrons. The van der Waals surface area contributed by atoms with E-state index in [4.69, 9.17) is 10.5 Å². The van der Waals surface area contributed by atoms with Crippen LogP contribution in [0.5, 0.6) is 0 Å². The zero-order chi connectivity index (χ0) is 11.3. The average molecular weight is 207 g/mol. The molecule has 0 bridgehead atoms. The Kier molecular flexibility index (Phi) is 4.31. The standard InChI is InChI=1S/C12H17NO2/c1-9(13)8-12(14)15-10(2)11-6-4-3-5-7-11/h3-7,9-10H,8,13H2,1-2H3. The molecule has 1 rings (SSSR count). The molecule has 0 fully saturated rings. The molecule has 2 atom stereocenters. The molecule has 0 radical (unpaired) electrons. The van der Waals surface area contributed by atoms with Crippen molar-refractivity contribution < 1.29 is 9.53 Å². The summed E-state index contributed by atoms with van der Waals surface area (Å²) in [5.74, 6) is -0.249. The number of benzene rings is 1. The average Bonchev–Trinajstić information content (AvgIpc) is 2.17. The van der Waals surface area contributed by atoms with Crippen LogP contribution in [0.4, 0.5) is 0 Å². The summed E-state index contributed by atoms with van der Waals surface area (Å²) in [5.41, 5.74) is 6.50. The lowest BCUT2D eigenvalue weighted by molar-refractivity contribution is -0.148. The van der Waals surface area contributed by atoms with Gasteiger partial charge in [-0.3, -0.25) is 4.79 Å². The molecule has 15 heavy (non-hydrogen) atoms. The fourth-order valence-electron chi connectivity index (χ4n) is 1.30. The zero-order valence-electron chi connectivity index (χ0n) is 9.14. The van der Waals surface area contributed by atoms with E-state index in [0.29, 0.717) is 0 Å². The summed E-state index contributed by atoms with van der Waals surface area (Å²) in [6, 6.07) is 9.49. The van der Waals surface area contributed by atoms with Crippen LogP contribution in [-0.2, 0) is 9.53 Å². The van der Waals surface area contributed by atoms with E-state index in [2.05, 4.69) is 0 Å². The Morgan fingerprint density at radius 1 is 1.33 bits per heavy atom. The van der Waals surface area contributed by atoms with Crippen molar-refractivity contribution in [2.75, 3.05) is 0 Å². The van der Waals surface area contributed by atoms with Gasteiger partial charge in [0.05, 0.1) is 6.42 Å². The molecule has 2 unspecified atom stereocenters. The van der Waals surface area contributed by atoms with Crippen LogP contribution in [0.1, 0.15) is 31.9 Å². The van der Waals surface area contributed by atoms with Gasteiger partial charge in [0.25, 0.3) is 0 Å². The summed E-state index contributed by atoms with van der Waals surface area (Å²) in [6.07, 6.45) is 0.0504. The third kappa shape index (κ3) is 4.13. The summed E-state index contributed by atoms with van der Waals surface area (Å²) >= 11 is 0. The minimum atomic E-state index is -0.249. The van der Waals surface area contributed by atoms with Gasteiger partial charge >= 0.3 is 5.97 Å². The van der Waals surface area contributed by atoms with Gasteiger partial charge in [-0.25, -0.2) is 0 Å². The van der Waals surface area contributed by atoms with Crippen LogP contribution in [0, 0.1) is 0 Å². The third-order valence-corrected chi connectivity index (χ3v) is 2.07. The number of nitrogens with two attached hydrogens (primary N) is 1. The van der Waals surface area contributed by atoms with E-state index >= 15 is 0 Å². The summed E-state index contributed by atoms with van der Waals surface area (Å²) in [5, 5.41) is 0. The molecule has 0 saturated carbocycles. The maximum Gasteiger partial charge on any atom is 0.307 e. The number of rotatable bonds is 4. The van der Waals surface area contributed by atoms with E-state index in [1.165, 1.54) is 0 Å². The van der Waals surface area contributed by atoms with Crippen molar-refractivity contribution in [2.24, 2.45) is 5.73 Å². The summed E-state index contributed by atoms with van der Waals surface area (Å²) < 4.78 is 5.23. The maximum atomic E-state index is 11.3. The number of ether oxygens (including phenoxy) is 1. The monoisotopic (exact) mass is 207 g/mol. The predicted octanol–water partition coefficient (Wildman–Crippen LogP) is 2.03. The Morgan fingerprint density at radius 3 is 2.47 bits per heavy atom. The van der Waals surface area contributed by atoms with Crippen molar-refractivity contribution >= 4 is 5.97 Å². The predicted molar refractivity (Wildman–Crippen MR) is 59.2 cm³/mol. The Labute approximate surface area is 90.2 Å². The topological polar surface area (TPSA) is 52.3 Å². The maximum absolute atomic E-state index is 11.3. The van der Waals surface area contributed by atoms with Gasteiger partial charge in [0.1, 0.15) is 6.10 Å². The molecule has 0 heterocycles. The summed E-state index contributed by atoms with van der Waals surface area (Å²) in [4.78, 5) is 11.3. The minimum absolute atomic E-state index is 0.152. The second kappa shape index (κ2) is 5.51. The molecule has 2 N–H and O–H groups in total. The lowest BCUT2D eigenvalue weighted by Crippen LogP contribution is -2.21. The first-order valence-corrected chi connectivity index (χ1v) is 5.09. The van der Waals surface area contributed by atoms with Gasteiger partial charge < -0.3 is 10.5 Å². The van der Waals surface area contributed by atoms with Crippen LogP contribution in [0.25, 0.3) is 0 Å². The number of carbonyl (C=O) groups excluding carboxylic acids is 1. The van der Waals surface area contributed by atoms with Crippen molar-refractivity contribution in [1.29, 1.82) is 0 Å². The third-order valence-electron chi connectivity index (χ3n) is 2.07. The highest BCUT2D eigenvalue weighted by Gasteiger charge is 2.12. The van der Waals surface area contributed by atoms with Crippen LogP contribution in [0.3, 0.4) is 0 Å². The molecule has 0 amide bonds. The van der Waals surface area contributed by atoms with Gasteiger partial charge in [-0.05, 0) is 19.4 Å². The molecule has 0 aliphatic rings. The van der Waals surface area contributed by atoms with E-state index in [1.807, 2.05) is 37.3 Å². The van der Waals surface area contributed by atoms with E-state index < -0.39 is 0 Å². The van der Waals surface area contributed by atoms with E-state index in [0.717, 1.165) is 5.56 Å². The smallest absolute Gasteiger partial charge is 0.307 e. The Morgan fingerprint density at radius 2 is 1.93 bits per heavy atom. The quantitative estimate of drug-likeness (QED) is 0.768. The zero-order valence-corrected chi connectivity index (χ0v) is 9.14. The molecule has 0 aliphatic carbocycles. The second-order valence-corrected chi connectivity index (χ2v) is 3.72. The lowest BCUT2D eigenvalue weighted by atomic mass is 10.1. The van der Waals surface area contributed by atoms with Crippen LogP contribution in [0.2, 0.25) is 0 Å². The van der Waals surface area contributed by atoms with Gasteiger partial charge in [-0.15, -0.1) is 0 Å². The number of hydrogen-bond acceptors (Lipinski definition) is 3. The van der Waals surface area contributed by atoms with Crippen molar-refractivity contribution in [2.45, 2.75) is 32.4 Å². The SMILES string of the molecule is CC(N)CC(=O)OC(C)c1ccccc1. The first-order valence-electron chi connectivity index (χ1n) is 5.09. The minimum Gasteiger partial charge on any atom is -0.458 e. The van der Waals surface area contributed by atoms with Crippen LogP contribution in [-0.4, -0.2) is 12.0 Å². The molecular formula is C12H17NO2. The summed E-state index contributed by atoms with van der Waals surface area (Å²) in [7, 11) is 0. The summed E-state index contributed by atoms with van der Waals surface area (Å²) in [6.45, 7) is 3.64. The Bertz CT molecular complexity index is 309. The van der Waals surface area contributed by atoms with Crippen molar-refractivity contribution in [3.05, 3.63) is 35.9 Å². The highest BCUT2D eigenvalue weighted by molar-refractivity contribution is 5.70. The number of hydrogen-bond donors (Lipinski definition) is 1. The van der Waals surface area contributed by atoms with Gasteiger partial charge in [0.15, 0.2) is 0 Å². The molecular weight excluding hydrogens is 190 g/mol. The fourth-order valence-corrected chi connectivity index (χ4v) is 1.30. The second-order valence-electron chi connectivity index (χ2n) is 3.72. The molecule has 0 aliphatic heterocycles. The molecule has 3 nitrogen and oxygen atoms in total.